The number of ketones is 1. The molecule has 0 aliphatic heterocycles. The Morgan fingerprint density at radius 3 is 2.70 bits per heavy atom. The van der Waals surface area contributed by atoms with E-state index in [0.29, 0.717) is 9.47 Å². The zero-order valence-electron chi connectivity index (χ0n) is 12.7. The molecular weight excluding hydrogens is 330 g/mol. The van der Waals surface area contributed by atoms with Crippen molar-refractivity contribution in [2.45, 2.75) is 18.2 Å². The highest BCUT2D eigenvalue weighted by Gasteiger charge is 2.13. The highest BCUT2D eigenvalue weighted by Crippen LogP contribution is 2.28. The fourth-order valence-corrected chi connectivity index (χ4v) is 3.29. The smallest absolute Gasteiger partial charge is 0.210 e. The number of carbonyl (C=O) groups excluding carboxylic acids is 1. The number of nitriles is 1. The number of benzene rings is 1. The van der Waals surface area contributed by atoms with E-state index in [-0.39, 0.29) is 22.8 Å². The summed E-state index contributed by atoms with van der Waals surface area (Å²) < 4.78 is 0.653. The van der Waals surface area contributed by atoms with Gasteiger partial charge in [0.05, 0.1) is 5.75 Å². The molecule has 0 amide bonds. The summed E-state index contributed by atoms with van der Waals surface area (Å²) in [6.45, 7) is 3.56. The lowest BCUT2D eigenvalue weighted by Gasteiger charge is -2.01. The van der Waals surface area contributed by atoms with Gasteiger partial charge in [0.25, 0.3) is 0 Å². The summed E-state index contributed by atoms with van der Waals surface area (Å²) in [6.07, 6.45) is 0. The number of allylic oxidation sites excluding steroid dienone is 2. The van der Waals surface area contributed by atoms with Gasteiger partial charge in [0.2, 0.25) is 5.13 Å². The van der Waals surface area contributed by atoms with Crippen molar-refractivity contribution in [2.24, 2.45) is 5.73 Å². The zero-order valence-corrected chi connectivity index (χ0v) is 14.3. The van der Waals surface area contributed by atoms with Crippen LogP contribution in [-0.4, -0.2) is 21.7 Å². The van der Waals surface area contributed by atoms with E-state index in [1.54, 1.807) is 0 Å². The van der Waals surface area contributed by atoms with Crippen molar-refractivity contribution in [1.82, 2.24) is 10.2 Å². The van der Waals surface area contributed by atoms with E-state index in [4.69, 9.17) is 11.0 Å². The van der Waals surface area contributed by atoms with Gasteiger partial charge in [-0.1, -0.05) is 40.8 Å². The van der Waals surface area contributed by atoms with Gasteiger partial charge in [-0.25, -0.2) is 0 Å². The number of thioether (sulfide) groups is 1. The molecule has 118 valence electrons. The number of anilines is 2. The molecule has 3 N–H and O–H groups in total. The number of rotatable bonds is 6. The van der Waals surface area contributed by atoms with E-state index in [9.17, 15) is 4.79 Å². The minimum absolute atomic E-state index is 0.0000177. The summed E-state index contributed by atoms with van der Waals surface area (Å²) >= 11 is 2.59. The molecule has 2 aromatic rings. The molecular formula is C15H15N5OS2. The van der Waals surface area contributed by atoms with Crippen molar-refractivity contribution < 1.29 is 4.79 Å². The molecule has 0 fully saturated rings. The standard InChI is InChI=1S/C15H15N5OS2/c1-9-3-5-11(6-4-9)18-14-19-20-15(23-14)22-8-13(21)12(7-16)10(2)17/h3-6H,8,17H2,1-2H3,(H,18,19). The second-order valence-electron chi connectivity index (χ2n) is 4.75. The Hall–Kier alpha value is -2.37. The Balaban J connectivity index is 1.95. The Bertz CT molecular complexity index is 770. The van der Waals surface area contributed by atoms with Gasteiger partial charge in [-0.15, -0.1) is 10.2 Å². The van der Waals surface area contributed by atoms with E-state index < -0.39 is 0 Å². The molecule has 0 unspecified atom stereocenters. The van der Waals surface area contributed by atoms with Crippen molar-refractivity contribution in [3.05, 3.63) is 41.1 Å². The summed E-state index contributed by atoms with van der Waals surface area (Å²) in [5.74, 6) is -0.197. The number of Topliss-reactive ketones (excluding diaryl/α,β-unsaturated/α-hetero) is 1. The van der Waals surface area contributed by atoms with Crippen LogP contribution in [0.3, 0.4) is 0 Å². The van der Waals surface area contributed by atoms with Gasteiger partial charge in [0.15, 0.2) is 10.1 Å². The largest absolute Gasteiger partial charge is 0.401 e. The van der Waals surface area contributed by atoms with Gasteiger partial charge in [-0.3, -0.25) is 4.79 Å². The van der Waals surface area contributed by atoms with E-state index in [1.807, 2.05) is 37.3 Å². The second kappa shape index (κ2) is 7.76. The Labute approximate surface area is 142 Å². The van der Waals surface area contributed by atoms with Gasteiger partial charge in [0, 0.05) is 11.4 Å². The number of nitrogens with one attached hydrogen (secondary N) is 1. The van der Waals surface area contributed by atoms with Gasteiger partial charge >= 0.3 is 0 Å². The monoisotopic (exact) mass is 345 g/mol. The van der Waals surface area contributed by atoms with Crippen LogP contribution in [0.25, 0.3) is 0 Å². The predicted molar refractivity (Wildman–Crippen MR) is 92.6 cm³/mol. The fourth-order valence-electron chi connectivity index (χ4n) is 1.65. The lowest BCUT2D eigenvalue weighted by Crippen LogP contribution is -2.10. The maximum atomic E-state index is 11.9. The average Bonchev–Trinajstić information content (AvgIpc) is 2.95. The third kappa shape index (κ3) is 4.81. The first-order valence-corrected chi connectivity index (χ1v) is 8.49. The first-order chi connectivity index (χ1) is 11.0. The number of hydrogen-bond donors (Lipinski definition) is 2. The lowest BCUT2D eigenvalue weighted by atomic mass is 10.2. The van der Waals surface area contributed by atoms with Crippen LogP contribution in [0.1, 0.15) is 12.5 Å². The molecule has 6 nitrogen and oxygen atoms in total. The molecule has 0 saturated heterocycles. The third-order valence-corrected chi connectivity index (χ3v) is 4.79. The van der Waals surface area contributed by atoms with Crippen LogP contribution < -0.4 is 11.1 Å². The van der Waals surface area contributed by atoms with Crippen LogP contribution in [0.5, 0.6) is 0 Å². The van der Waals surface area contributed by atoms with Gasteiger partial charge < -0.3 is 11.1 Å². The second-order valence-corrected chi connectivity index (χ2v) is 6.95. The first kappa shape index (κ1) is 17.0. The molecule has 0 bridgehead atoms. The van der Waals surface area contributed by atoms with Crippen molar-refractivity contribution in [3.8, 4) is 6.07 Å². The molecule has 0 aliphatic rings. The van der Waals surface area contributed by atoms with E-state index >= 15 is 0 Å². The fraction of sp³-hybridized carbons (Fsp3) is 0.200. The predicted octanol–water partition coefficient (Wildman–Crippen LogP) is 3.01. The minimum atomic E-state index is -0.305. The summed E-state index contributed by atoms with van der Waals surface area (Å²) in [4.78, 5) is 11.9. The van der Waals surface area contributed by atoms with Crippen LogP contribution in [-0.2, 0) is 4.79 Å². The van der Waals surface area contributed by atoms with E-state index in [2.05, 4.69) is 15.5 Å². The highest BCUT2D eigenvalue weighted by molar-refractivity contribution is 8.01. The van der Waals surface area contributed by atoms with Crippen molar-refractivity contribution in [2.75, 3.05) is 11.1 Å². The maximum Gasteiger partial charge on any atom is 0.210 e. The molecule has 0 radical (unpaired) electrons. The van der Waals surface area contributed by atoms with E-state index in [1.165, 1.54) is 35.6 Å². The first-order valence-electron chi connectivity index (χ1n) is 6.69. The Morgan fingerprint density at radius 2 is 2.09 bits per heavy atom. The molecule has 2 rings (SSSR count). The van der Waals surface area contributed by atoms with Crippen LogP contribution in [0, 0.1) is 18.3 Å². The van der Waals surface area contributed by atoms with Gasteiger partial charge in [0.1, 0.15) is 11.6 Å². The van der Waals surface area contributed by atoms with Crippen molar-refractivity contribution in [1.29, 1.82) is 5.26 Å². The SMILES string of the molecule is CC(N)=C(C#N)C(=O)CSc1nnc(Nc2ccc(C)cc2)s1. The molecule has 1 aromatic carbocycles. The molecule has 8 heteroatoms. The number of hydrogen-bond acceptors (Lipinski definition) is 8. The maximum absolute atomic E-state index is 11.9. The summed E-state index contributed by atoms with van der Waals surface area (Å²) in [5.41, 5.74) is 7.85. The Morgan fingerprint density at radius 1 is 1.39 bits per heavy atom. The molecule has 1 heterocycles. The molecule has 23 heavy (non-hydrogen) atoms. The van der Waals surface area contributed by atoms with Crippen molar-refractivity contribution in [3.63, 3.8) is 0 Å². The lowest BCUT2D eigenvalue weighted by molar-refractivity contribution is -0.112. The number of aryl methyl sites for hydroxylation is 1. The summed E-state index contributed by atoms with van der Waals surface area (Å²) in [5, 5.41) is 20.8. The highest BCUT2D eigenvalue weighted by atomic mass is 32.2. The number of carbonyl (C=O) groups is 1. The molecule has 0 saturated carbocycles. The third-order valence-electron chi connectivity index (χ3n) is 2.82. The Kier molecular flexibility index (Phi) is 5.73. The van der Waals surface area contributed by atoms with Crippen LogP contribution in [0.2, 0.25) is 0 Å². The summed E-state index contributed by atoms with van der Waals surface area (Å²) in [7, 11) is 0. The van der Waals surface area contributed by atoms with Gasteiger partial charge in [-0.2, -0.15) is 5.26 Å². The van der Waals surface area contributed by atoms with Crippen LogP contribution in [0.15, 0.2) is 39.9 Å². The summed E-state index contributed by atoms with van der Waals surface area (Å²) in [6, 6.07) is 9.75. The normalized spacial score (nSPS) is 11.5. The number of nitrogens with two attached hydrogens (primary N) is 1. The van der Waals surface area contributed by atoms with Crippen LogP contribution >= 0.6 is 23.1 Å². The average molecular weight is 345 g/mol. The number of nitrogens with zero attached hydrogens (tertiary/aromatic N) is 3. The molecule has 0 aliphatic carbocycles. The van der Waals surface area contributed by atoms with E-state index in [0.717, 1.165) is 5.69 Å². The topological polar surface area (TPSA) is 105 Å². The zero-order chi connectivity index (χ0) is 16.8. The number of aromatic nitrogens is 2. The van der Waals surface area contributed by atoms with Gasteiger partial charge in [-0.05, 0) is 26.0 Å². The van der Waals surface area contributed by atoms with Crippen LogP contribution in [0.4, 0.5) is 10.8 Å². The molecule has 1 aromatic heterocycles. The molecule has 0 spiro atoms. The molecule has 0 atom stereocenters. The minimum Gasteiger partial charge on any atom is -0.401 e. The quantitative estimate of drug-likeness (QED) is 0.471. The van der Waals surface area contributed by atoms with Crippen molar-refractivity contribution >= 4 is 39.7 Å².